The summed E-state index contributed by atoms with van der Waals surface area (Å²) >= 11 is 0. The lowest BCUT2D eigenvalue weighted by Gasteiger charge is -2.34. The first-order valence-corrected chi connectivity index (χ1v) is 16.2. The van der Waals surface area contributed by atoms with E-state index in [2.05, 4.69) is 20.2 Å². The Bertz CT molecular complexity index is 1630. The molecule has 2 aromatic heterocycles. The van der Waals surface area contributed by atoms with E-state index >= 15 is 0 Å². The molecular formula is C29H36F4N6O3S. The number of halogens is 4. The lowest BCUT2D eigenvalue weighted by Crippen LogP contribution is -2.39. The molecular weight excluding hydrogens is 588 g/mol. The van der Waals surface area contributed by atoms with E-state index in [4.69, 9.17) is 0 Å². The number of nitrogens with one attached hydrogen (secondary N) is 2. The van der Waals surface area contributed by atoms with Crippen molar-refractivity contribution in [2.75, 3.05) is 28.9 Å². The first kappa shape index (κ1) is 31.2. The topological polar surface area (TPSA) is 109 Å². The zero-order valence-electron chi connectivity index (χ0n) is 24.1. The minimum atomic E-state index is -4.67. The predicted octanol–water partition coefficient (Wildman–Crippen LogP) is 5.69. The second-order valence-corrected chi connectivity index (χ2v) is 13.5. The first-order chi connectivity index (χ1) is 20.3. The van der Waals surface area contributed by atoms with Gasteiger partial charge in [-0.3, -0.25) is 14.1 Å². The normalized spacial score (nSPS) is 20.2. The van der Waals surface area contributed by atoms with E-state index in [1.807, 2.05) is 18.6 Å². The second-order valence-electron chi connectivity index (χ2n) is 11.7. The number of sulfonamides is 1. The number of hydrogen-bond acceptors (Lipinski definition) is 7. The molecule has 2 aliphatic rings. The van der Waals surface area contributed by atoms with Crippen LogP contribution in [0.25, 0.3) is 22.2 Å². The summed E-state index contributed by atoms with van der Waals surface area (Å²) in [4.78, 5) is 25.4. The van der Waals surface area contributed by atoms with Gasteiger partial charge in [0.25, 0.3) is 5.56 Å². The van der Waals surface area contributed by atoms with Crippen LogP contribution in [-0.4, -0.2) is 65.0 Å². The van der Waals surface area contributed by atoms with E-state index in [1.54, 1.807) is 12.3 Å². The lowest BCUT2D eigenvalue weighted by molar-refractivity contribution is -0.129. The molecule has 1 aliphatic carbocycles. The van der Waals surface area contributed by atoms with Gasteiger partial charge in [-0.05, 0) is 89.2 Å². The molecule has 0 atom stereocenters. The average molecular weight is 625 g/mol. The van der Waals surface area contributed by atoms with Crippen molar-refractivity contribution in [1.82, 2.24) is 19.4 Å². The zero-order valence-corrected chi connectivity index (χ0v) is 24.9. The van der Waals surface area contributed by atoms with E-state index in [0.29, 0.717) is 23.0 Å². The van der Waals surface area contributed by atoms with Crippen LogP contribution >= 0.6 is 0 Å². The summed E-state index contributed by atoms with van der Waals surface area (Å²) in [6, 6.07) is 5.54. The molecule has 0 bridgehead atoms. The quantitative estimate of drug-likeness (QED) is 0.295. The summed E-state index contributed by atoms with van der Waals surface area (Å²) in [6.07, 6.45) is 2.20. The molecule has 1 saturated heterocycles. The monoisotopic (exact) mass is 624 g/mol. The van der Waals surface area contributed by atoms with Gasteiger partial charge in [-0.15, -0.1) is 0 Å². The molecule has 9 nitrogen and oxygen atoms in total. The third-order valence-corrected chi connectivity index (χ3v) is 9.45. The van der Waals surface area contributed by atoms with Crippen LogP contribution in [0.5, 0.6) is 0 Å². The van der Waals surface area contributed by atoms with Crippen LogP contribution in [-0.2, 0) is 10.0 Å². The van der Waals surface area contributed by atoms with Gasteiger partial charge in [0.15, 0.2) is 0 Å². The smallest absolute Gasteiger partial charge is 0.351 e. The average Bonchev–Trinajstić information content (AvgIpc) is 3.48. The molecule has 2 fully saturated rings. The van der Waals surface area contributed by atoms with Crippen molar-refractivity contribution in [2.45, 2.75) is 83.1 Å². The van der Waals surface area contributed by atoms with Gasteiger partial charge in [-0.1, -0.05) is 6.07 Å². The highest BCUT2D eigenvalue weighted by molar-refractivity contribution is 7.92. The zero-order chi connectivity index (χ0) is 30.9. The fraction of sp³-hybridized carbons (Fsp3) is 0.552. The highest BCUT2D eigenvalue weighted by Crippen LogP contribution is 2.29. The third kappa shape index (κ3) is 7.46. The van der Waals surface area contributed by atoms with Crippen molar-refractivity contribution in [3.63, 3.8) is 0 Å². The summed E-state index contributed by atoms with van der Waals surface area (Å²) in [5.41, 5.74) is -0.174. The molecule has 2 N–H and O–H groups in total. The Labute approximate surface area is 247 Å². The number of likely N-dealkylation sites (tertiary alicyclic amines) is 1. The van der Waals surface area contributed by atoms with Crippen molar-refractivity contribution in [1.29, 1.82) is 0 Å². The van der Waals surface area contributed by atoms with Crippen molar-refractivity contribution in [3.05, 3.63) is 46.6 Å². The Morgan fingerprint density at radius 2 is 1.77 bits per heavy atom. The molecule has 234 valence electrons. The van der Waals surface area contributed by atoms with E-state index in [9.17, 15) is 30.8 Å². The van der Waals surface area contributed by atoms with Crippen LogP contribution in [0, 0.1) is 5.82 Å². The van der Waals surface area contributed by atoms with Crippen LogP contribution in [0.15, 0.2) is 35.3 Å². The second kappa shape index (κ2) is 12.4. The fourth-order valence-corrected chi connectivity index (χ4v) is 7.09. The van der Waals surface area contributed by atoms with Gasteiger partial charge in [0, 0.05) is 35.3 Å². The molecule has 3 heterocycles. The number of nitrogens with zero attached hydrogens (tertiary/aromatic N) is 4. The van der Waals surface area contributed by atoms with Gasteiger partial charge < -0.3 is 10.2 Å². The van der Waals surface area contributed by atoms with Gasteiger partial charge in [0.2, 0.25) is 16.0 Å². The summed E-state index contributed by atoms with van der Waals surface area (Å²) in [5.74, 6) is -1.83. The van der Waals surface area contributed by atoms with Crippen LogP contribution in [0.2, 0.25) is 0 Å². The Kier molecular flexibility index (Phi) is 8.98. The van der Waals surface area contributed by atoms with Gasteiger partial charge in [-0.25, -0.2) is 17.8 Å². The molecule has 0 unspecified atom stereocenters. The van der Waals surface area contributed by atoms with Crippen LogP contribution < -0.4 is 15.6 Å². The van der Waals surface area contributed by atoms with Crippen molar-refractivity contribution < 1.29 is 26.0 Å². The molecule has 0 radical (unpaired) electrons. The predicted molar refractivity (Wildman–Crippen MR) is 158 cm³/mol. The van der Waals surface area contributed by atoms with Gasteiger partial charge >= 0.3 is 6.18 Å². The number of aromatic nitrogens is 3. The van der Waals surface area contributed by atoms with Gasteiger partial charge in [-0.2, -0.15) is 18.2 Å². The van der Waals surface area contributed by atoms with Crippen molar-refractivity contribution in [3.8, 4) is 11.1 Å². The number of benzene rings is 1. The third-order valence-electron chi connectivity index (χ3n) is 8.18. The molecule has 1 saturated carbocycles. The standard InChI is InChI=1S/C29H36F4N6O3S/c1-18(2)39-26-20(17-34-28(36-26)35-21-6-8-22(9-7-21)38-12-3-4-13-38)15-23(27(39)40)19-5-10-25(24(30)16-19)37-43(41,42)14-11-29(31,32)33/h5,10,15-18,21-22,37H,3-4,6-9,11-14H2,1-2H3,(H,34,35,36). The Morgan fingerprint density at radius 1 is 1.07 bits per heavy atom. The highest BCUT2D eigenvalue weighted by Gasteiger charge is 2.30. The molecule has 0 spiro atoms. The van der Waals surface area contributed by atoms with E-state index in [1.165, 1.54) is 36.6 Å². The first-order valence-electron chi connectivity index (χ1n) is 14.6. The molecule has 5 rings (SSSR count). The number of pyridine rings is 1. The summed E-state index contributed by atoms with van der Waals surface area (Å²) in [5, 5.41) is 4.00. The number of hydrogen-bond donors (Lipinski definition) is 2. The van der Waals surface area contributed by atoms with Crippen molar-refractivity contribution in [2.24, 2.45) is 0 Å². The highest BCUT2D eigenvalue weighted by atomic mass is 32.2. The minimum Gasteiger partial charge on any atom is -0.351 e. The SMILES string of the molecule is CC(C)n1c(=O)c(-c2ccc(NS(=O)(=O)CCC(F)(F)F)c(F)c2)cc2cnc(NC3CCC(N4CCCC4)CC3)nc21. The maximum absolute atomic E-state index is 14.9. The Hall–Kier alpha value is -3.26. The van der Waals surface area contributed by atoms with E-state index in [0.717, 1.165) is 37.8 Å². The molecule has 3 aromatic rings. The Balaban J connectivity index is 1.36. The van der Waals surface area contributed by atoms with Crippen molar-refractivity contribution >= 4 is 32.7 Å². The number of alkyl halides is 3. The molecule has 43 heavy (non-hydrogen) atoms. The van der Waals surface area contributed by atoms with E-state index in [-0.39, 0.29) is 23.2 Å². The van der Waals surface area contributed by atoms with Gasteiger partial charge in [0.05, 0.1) is 17.9 Å². The number of rotatable bonds is 9. The molecule has 14 heteroatoms. The van der Waals surface area contributed by atoms with Gasteiger partial charge in [0.1, 0.15) is 11.5 Å². The maximum Gasteiger partial charge on any atom is 0.390 e. The van der Waals surface area contributed by atoms with E-state index < -0.39 is 45.4 Å². The fourth-order valence-electron chi connectivity index (χ4n) is 5.98. The number of anilines is 2. The van der Waals surface area contributed by atoms with Crippen LogP contribution in [0.3, 0.4) is 0 Å². The molecule has 0 amide bonds. The summed E-state index contributed by atoms with van der Waals surface area (Å²) in [7, 11) is -4.44. The number of fused-ring (bicyclic) bond motifs is 1. The van der Waals surface area contributed by atoms with Crippen LogP contribution in [0.1, 0.15) is 64.8 Å². The Morgan fingerprint density at radius 3 is 2.40 bits per heavy atom. The van der Waals surface area contributed by atoms with Crippen LogP contribution in [0.4, 0.5) is 29.2 Å². The summed E-state index contributed by atoms with van der Waals surface area (Å²) in [6.45, 7) is 6.04. The minimum absolute atomic E-state index is 0.149. The molecule has 1 aromatic carbocycles. The molecule has 1 aliphatic heterocycles. The summed E-state index contributed by atoms with van der Waals surface area (Å²) < 4.78 is 79.8. The largest absolute Gasteiger partial charge is 0.390 e. The maximum atomic E-state index is 14.9. The lowest BCUT2D eigenvalue weighted by atomic mass is 9.90.